The first-order valence-corrected chi connectivity index (χ1v) is 11.6. The van der Waals surface area contributed by atoms with Gasteiger partial charge in [-0.05, 0) is 37.3 Å². The minimum Gasteiger partial charge on any atom is -0.369 e. The van der Waals surface area contributed by atoms with Gasteiger partial charge < -0.3 is 15.5 Å². The Morgan fingerprint density at radius 1 is 1.30 bits per heavy atom. The van der Waals surface area contributed by atoms with E-state index in [-0.39, 0.29) is 11.2 Å². The van der Waals surface area contributed by atoms with E-state index >= 15 is 0 Å². The lowest BCUT2D eigenvalue weighted by atomic mass is 9.90. The Morgan fingerprint density at radius 2 is 1.96 bits per heavy atom. The average molecular weight is 395 g/mol. The molecule has 0 bridgehead atoms. The first-order valence-electron chi connectivity index (χ1n) is 9.54. The fourth-order valence-corrected chi connectivity index (χ4v) is 4.05. The molecule has 0 aromatic heterocycles. The molecule has 1 atom stereocenters. The molecule has 2 N–H and O–H groups in total. The van der Waals surface area contributed by atoms with Crippen molar-refractivity contribution in [2.45, 2.75) is 39.7 Å². The van der Waals surface area contributed by atoms with Crippen LogP contribution in [-0.2, 0) is 9.84 Å². The summed E-state index contributed by atoms with van der Waals surface area (Å²) in [5, 5.41) is 6.86. The second kappa shape index (κ2) is 8.95. The molecule has 6 nitrogen and oxygen atoms in total. The van der Waals surface area contributed by atoms with Gasteiger partial charge in [-0.2, -0.15) is 0 Å². The Balaban J connectivity index is 1.82. The molecule has 1 saturated heterocycles. The third-order valence-corrected chi connectivity index (χ3v) is 5.98. The maximum absolute atomic E-state index is 11.4. The molecule has 27 heavy (non-hydrogen) atoms. The smallest absolute Gasteiger partial charge is 0.191 e. The lowest BCUT2D eigenvalue weighted by Gasteiger charge is -2.27. The third-order valence-electron chi connectivity index (χ3n) is 5.04. The summed E-state index contributed by atoms with van der Waals surface area (Å²) in [7, 11) is -1.17. The van der Waals surface area contributed by atoms with Gasteiger partial charge in [0, 0.05) is 44.7 Å². The first kappa shape index (κ1) is 21.5. The zero-order chi connectivity index (χ0) is 20.1. The number of benzene rings is 1. The standard InChI is InChI=1S/C20H34N4O2S/c1-16-6-8-18(9-7-16)24-12-10-17(14-24)23-19(21-4)22-15-20(2,3)11-13-27(5,25)26/h6-9,17H,10-15H2,1-5H3,(H2,21,22,23). The normalized spacial score (nSPS) is 18.6. The van der Waals surface area contributed by atoms with E-state index in [1.54, 1.807) is 7.05 Å². The molecule has 1 aromatic carbocycles. The Labute approximate surface area is 164 Å². The van der Waals surface area contributed by atoms with Crippen LogP contribution in [0.4, 0.5) is 5.69 Å². The summed E-state index contributed by atoms with van der Waals surface area (Å²) >= 11 is 0. The van der Waals surface area contributed by atoms with Crippen molar-refractivity contribution in [2.24, 2.45) is 10.4 Å². The van der Waals surface area contributed by atoms with Crippen LogP contribution in [0, 0.1) is 12.3 Å². The van der Waals surface area contributed by atoms with Crippen molar-refractivity contribution < 1.29 is 8.42 Å². The van der Waals surface area contributed by atoms with Crippen LogP contribution in [0.25, 0.3) is 0 Å². The average Bonchev–Trinajstić information content (AvgIpc) is 3.05. The summed E-state index contributed by atoms with van der Waals surface area (Å²) in [5.74, 6) is 0.986. The molecule has 152 valence electrons. The van der Waals surface area contributed by atoms with Crippen molar-refractivity contribution in [2.75, 3.05) is 43.6 Å². The summed E-state index contributed by atoms with van der Waals surface area (Å²) < 4.78 is 22.8. The highest BCUT2D eigenvalue weighted by molar-refractivity contribution is 7.90. The minimum atomic E-state index is -2.93. The van der Waals surface area contributed by atoms with Crippen molar-refractivity contribution in [1.82, 2.24) is 10.6 Å². The number of aryl methyl sites for hydroxylation is 1. The van der Waals surface area contributed by atoms with Gasteiger partial charge in [0.25, 0.3) is 0 Å². The number of nitrogens with one attached hydrogen (secondary N) is 2. The number of nitrogens with zero attached hydrogens (tertiary/aromatic N) is 2. The van der Waals surface area contributed by atoms with E-state index in [4.69, 9.17) is 0 Å². The van der Waals surface area contributed by atoms with Crippen molar-refractivity contribution in [3.8, 4) is 0 Å². The highest BCUT2D eigenvalue weighted by atomic mass is 32.2. The molecule has 0 spiro atoms. The SMILES string of the molecule is CN=C(NCC(C)(C)CCS(C)(=O)=O)NC1CCN(c2ccc(C)cc2)C1. The van der Waals surface area contributed by atoms with Crippen LogP contribution in [0.1, 0.15) is 32.3 Å². The molecular weight excluding hydrogens is 360 g/mol. The highest BCUT2D eigenvalue weighted by Gasteiger charge is 2.25. The number of aliphatic imine (C=N–C) groups is 1. The van der Waals surface area contributed by atoms with E-state index in [0.29, 0.717) is 19.0 Å². The van der Waals surface area contributed by atoms with E-state index in [0.717, 1.165) is 25.5 Å². The van der Waals surface area contributed by atoms with Gasteiger partial charge in [0.05, 0.1) is 5.75 Å². The van der Waals surface area contributed by atoms with Crippen LogP contribution < -0.4 is 15.5 Å². The molecule has 2 rings (SSSR count). The molecule has 1 fully saturated rings. The van der Waals surface area contributed by atoms with Crippen LogP contribution >= 0.6 is 0 Å². The molecule has 1 heterocycles. The maximum atomic E-state index is 11.4. The summed E-state index contributed by atoms with van der Waals surface area (Å²) in [4.78, 5) is 6.72. The maximum Gasteiger partial charge on any atom is 0.191 e. The molecule has 1 aliphatic rings. The molecule has 1 aliphatic heterocycles. The van der Waals surface area contributed by atoms with Crippen LogP contribution in [-0.4, -0.2) is 59.1 Å². The van der Waals surface area contributed by atoms with Crippen molar-refractivity contribution in [3.05, 3.63) is 29.8 Å². The van der Waals surface area contributed by atoms with Crippen molar-refractivity contribution in [3.63, 3.8) is 0 Å². The van der Waals surface area contributed by atoms with Crippen LogP contribution in [0.15, 0.2) is 29.3 Å². The number of guanidine groups is 1. The molecule has 1 unspecified atom stereocenters. The number of hydrogen-bond donors (Lipinski definition) is 2. The zero-order valence-corrected chi connectivity index (χ0v) is 18.1. The number of sulfone groups is 1. The number of rotatable bonds is 7. The molecule has 0 aliphatic carbocycles. The zero-order valence-electron chi connectivity index (χ0n) is 17.2. The summed E-state index contributed by atoms with van der Waals surface area (Å²) in [6.45, 7) is 8.90. The Morgan fingerprint density at radius 3 is 2.56 bits per heavy atom. The lowest BCUT2D eigenvalue weighted by Crippen LogP contribution is -2.47. The predicted octanol–water partition coefficient (Wildman–Crippen LogP) is 2.20. The quantitative estimate of drug-likeness (QED) is 0.548. The second-order valence-corrected chi connectivity index (χ2v) is 10.6. The van der Waals surface area contributed by atoms with Gasteiger partial charge >= 0.3 is 0 Å². The largest absolute Gasteiger partial charge is 0.369 e. The molecule has 7 heteroatoms. The van der Waals surface area contributed by atoms with Crippen LogP contribution in [0.5, 0.6) is 0 Å². The fraction of sp³-hybridized carbons (Fsp3) is 0.650. The van der Waals surface area contributed by atoms with E-state index in [1.807, 2.05) is 0 Å². The van der Waals surface area contributed by atoms with Crippen LogP contribution in [0.3, 0.4) is 0 Å². The topological polar surface area (TPSA) is 73.8 Å². The Bertz CT molecular complexity index is 742. The molecule has 1 aromatic rings. The van der Waals surface area contributed by atoms with Crippen molar-refractivity contribution >= 4 is 21.5 Å². The predicted molar refractivity (Wildman–Crippen MR) is 114 cm³/mol. The Hall–Kier alpha value is -1.76. The monoisotopic (exact) mass is 394 g/mol. The second-order valence-electron chi connectivity index (χ2n) is 8.38. The number of hydrogen-bond acceptors (Lipinski definition) is 4. The number of anilines is 1. The summed E-state index contributed by atoms with van der Waals surface area (Å²) in [5.41, 5.74) is 2.41. The minimum absolute atomic E-state index is 0.121. The van der Waals surface area contributed by atoms with Gasteiger partial charge in [0.1, 0.15) is 9.84 Å². The van der Waals surface area contributed by atoms with Gasteiger partial charge in [-0.25, -0.2) is 8.42 Å². The molecule has 0 saturated carbocycles. The molecule has 0 amide bonds. The van der Waals surface area contributed by atoms with Gasteiger partial charge in [-0.1, -0.05) is 31.5 Å². The van der Waals surface area contributed by atoms with E-state index in [9.17, 15) is 8.42 Å². The lowest BCUT2D eigenvalue weighted by molar-refractivity contribution is 0.348. The fourth-order valence-electron chi connectivity index (χ4n) is 3.13. The third kappa shape index (κ3) is 7.40. The van der Waals surface area contributed by atoms with Crippen molar-refractivity contribution in [1.29, 1.82) is 0 Å². The summed E-state index contributed by atoms with van der Waals surface area (Å²) in [6.07, 6.45) is 2.98. The highest BCUT2D eigenvalue weighted by Crippen LogP contribution is 2.21. The molecular formula is C20H34N4O2S. The van der Waals surface area contributed by atoms with Crippen LogP contribution in [0.2, 0.25) is 0 Å². The van der Waals surface area contributed by atoms with Gasteiger partial charge in [0.2, 0.25) is 0 Å². The van der Waals surface area contributed by atoms with E-state index in [1.165, 1.54) is 17.5 Å². The summed E-state index contributed by atoms with van der Waals surface area (Å²) in [6, 6.07) is 8.99. The van der Waals surface area contributed by atoms with Gasteiger partial charge in [0.15, 0.2) is 5.96 Å². The van der Waals surface area contributed by atoms with Gasteiger partial charge in [-0.3, -0.25) is 4.99 Å². The first-order chi connectivity index (χ1) is 12.6. The van der Waals surface area contributed by atoms with E-state index in [2.05, 4.69) is 65.6 Å². The van der Waals surface area contributed by atoms with E-state index < -0.39 is 9.84 Å². The Kier molecular flexibility index (Phi) is 7.14. The van der Waals surface area contributed by atoms with Gasteiger partial charge in [-0.15, -0.1) is 0 Å². The molecule has 0 radical (unpaired) electrons.